The Balaban J connectivity index is 2.06. The highest BCUT2D eigenvalue weighted by Gasteiger charge is 2.44. The van der Waals surface area contributed by atoms with Crippen molar-refractivity contribution in [3.63, 3.8) is 0 Å². The molecule has 0 aliphatic heterocycles. The first-order valence-electron chi connectivity index (χ1n) is 8.36. The van der Waals surface area contributed by atoms with Crippen molar-refractivity contribution in [1.82, 2.24) is 10.9 Å². The predicted molar refractivity (Wildman–Crippen MR) is 92.1 cm³/mol. The van der Waals surface area contributed by atoms with Crippen LogP contribution >= 0.6 is 0 Å². The first kappa shape index (κ1) is 18.3. The molecule has 2 amide bonds. The Hall–Kier alpha value is -2.08. The molecule has 2 unspecified atom stereocenters. The molecule has 1 aromatic rings. The van der Waals surface area contributed by atoms with Crippen molar-refractivity contribution in [2.75, 3.05) is 0 Å². The van der Waals surface area contributed by atoms with Crippen LogP contribution in [0.25, 0.3) is 0 Å². The van der Waals surface area contributed by atoms with Gasteiger partial charge < -0.3 is 10.5 Å². The van der Waals surface area contributed by atoms with Crippen molar-refractivity contribution >= 4 is 12.0 Å². The van der Waals surface area contributed by atoms with E-state index in [2.05, 4.69) is 10.9 Å². The number of nitrogens with one attached hydrogen (secondary N) is 2. The second-order valence-corrected chi connectivity index (χ2v) is 7.33. The van der Waals surface area contributed by atoms with Gasteiger partial charge in [-0.2, -0.15) is 0 Å². The van der Waals surface area contributed by atoms with E-state index in [9.17, 15) is 9.59 Å². The fraction of sp³-hybridized carbons (Fsp3) is 0.556. The number of nitrogens with two attached hydrogens (primary N) is 1. The molecule has 0 bridgehead atoms. The van der Waals surface area contributed by atoms with Crippen LogP contribution in [0.5, 0.6) is 0 Å². The van der Waals surface area contributed by atoms with Gasteiger partial charge in [0.25, 0.3) is 5.91 Å². The average molecular weight is 333 g/mol. The van der Waals surface area contributed by atoms with Crippen LogP contribution in [0.15, 0.2) is 30.3 Å². The van der Waals surface area contributed by atoms with Crippen molar-refractivity contribution < 1.29 is 14.3 Å². The zero-order valence-electron chi connectivity index (χ0n) is 14.6. The fourth-order valence-electron chi connectivity index (χ4n) is 3.15. The molecule has 0 radical (unpaired) electrons. The summed E-state index contributed by atoms with van der Waals surface area (Å²) in [4.78, 5) is 24.4. The fourth-order valence-corrected chi connectivity index (χ4v) is 3.15. The van der Waals surface area contributed by atoms with Gasteiger partial charge in [-0.1, -0.05) is 43.2 Å². The Bertz CT molecular complexity index is 583. The van der Waals surface area contributed by atoms with Gasteiger partial charge in [0, 0.05) is 5.92 Å². The minimum Gasteiger partial charge on any atom is -0.443 e. The Kier molecular flexibility index (Phi) is 5.49. The lowest BCUT2D eigenvalue weighted by molar-refractivity contribution is -0.129. The molecule has 0 heterocycles. The Labute approximate surface area is 143 Å². The van der Waals surface area contributed by atoms with E-state index in [-0.39, 0.29) is 11.8 Å². The number of rotatable bonds is 2. The average Bonchev–Trinajstić information content (AvgIpc) is 2.52. The molecule has 1 saturated carbocycles. The maximum atomic E-state index is 12.7. The molecule has 6 nitrogen and oxygen atoms in total. The van der Waals surface area contributed by atoms with Crippen LogP contribution in [0.1, 0.15) is 57.9 Å². The molecular formula is C18H27N3O3. The third-order valence-electron chi connectivity index (χ3n) is 4.26. The second kappa shape index (κ2) is 7.21. The van der Waals surface area contributed by atoms with E-state index < -0.39 is 17.2 Å². The van der Waals surface area contributed by atoms with Gasteiger partial charge in [0.2, 0.25) is 0 Å². The van der Waals surface area contributed by atoms with Crippen LogP contribution in [0.2, 0.25) is 0 Å². The molecule has 24 heavy (non-hydrogen) atoms. The quantitative estimate of drug-likeness (QED) is 0.725. The second-order valence-electron chi connectivity index (χ2n) is 7.33. The third-order valence-corrected chi connectivity index (χ3v) is 4.26. The van der Waals surface area contributed by atoms with Crippen LogP contribution in [0.3, 0.4) is 0 Å². The molecule has 0 saturated heterocycles. The summed E-state index contributed by atoms with van der Waals surface area (Å²) in [5, 5.41) is 0. The molecule has 1 aromatic carbocycles. The standard InChI is InChI=1S/C18H27N3O3/c1-17(2,3)24-16(23)21-20-15(22)18(19)12-8-7-11-14(18)13-9-5-4-6-10-13/h4-6,9-10,14H,7-8,11-12,19H2,1-3H3,(H,20,22)(H,21,23). The molecule has 0 spiro atoms. The monoisotopic (exact) mass is 333 g/mol. The molecule has 1 aliphatic carbocycles. The smallest absolute Gasteiger partial charge is 0.426 e. The summed E-state index contributed by atoms with van der Waals surface area (Å²) in [7, 11) is 0. The summed E-state index contributed by atoms with van der Waals surface area (Å²) < 4.78 is 5.11. The summed E-state index contributed by atoms with van der Waals surface area (Å²) in [5.74, 6) is -0.463. The molecule has 0 aromatic heterocycles. The highest BCUT2D eigenvalue weighted by atomic mass is 16.6. The predicted octanol–water partition coefficient (Wildman–Crippen LogP) is 2.60. The molecule has 132 valence electrons. The van der Waals surface area contributed by atoms with E-state index in [1.54, 1.807) is 20.8 Å². The van der Waals surface area contributed by atoms with Crippen LogP contribution in [-0.4, -0.2) is 23.1 Å². The summed E-state index contributed by atoms with van der Waals surface area (Å²) in [6.07, 6.45) is 2.64. The number of benzene rings is 1. The highest BCUT2D eigenvalue weighted by Crippen LogP contribution is 2.39. The lowest BCUT2D eigenvalue weighted by Gasteiger charge is -2.40. The van der Waals surface area contributed by atoms with Crippen LogP contribution < -0.4 is 16.6 Å². The van der Waals surface area contributed by atoms with E-state index in [1.807, 2.05) is 30.3 Å². The summed E-state index contributed by atoms with van der Waals surface area (Å²) in [5.41, 5.74) is 10.6. The van der Waals surface area contributed by atoms with Gasteiger partial charge in [-0.15, -0.1) is 0 Å². The summed E-state index contributed by atoms with van der Waals surface area (Å²) in [6, 6.07) is 9.81. The Morgan fingerprint density at radius 2 is 1.83 bits per heavy atom. The zero-order chi connectivity index (χ0) is 17.8. The van der Waals surface area contributed by atoms with Crippen molar-refractivity contribution in [2.24, 2.45) is 5.73 Å². The molecule has 2 rings (SSSR count). The minimum atomic E-state index is -1.05. The number of amides is 2. The lowest BCUT2D eigenvalue weighted by Crippen LogP contribution is -2.62. The van der Waals surface area contributed by atoms with Gasteiger partial charge in [-0.3, -0.25) is 10.2 Å². The Morgan fingerprint density at radius 1 is 1.17 bits per heavy atom. The number of carbonyl (C=O) groups is 2. The molecule has 6 heteroatoms. The highest BCUT2D eigenvalue weighted by molar-refractivity contribution is 5.88. The molecule has 1 aliphatic rings. The summed E-state index contributed by atoms with van der Waals surface area (Å²) in [6.45, 7) is 5.27. The van der Waals surface area contributed by atoms with Gasteiger partial charge >= 0.3 is 6.09 Å². The summed E-state index contributed by atoms with van der Waals surface area (Å²) >= 11 is 0. The number of carbonyl (C=O) groups excluding carboxylic acids is 2. The van der Waals surface area contributed by atoms with Crippen molar-refractivity contribution in [3.05, 3.63) is 35.9 Å². The first-order valence-corrected chi connectivity index (χ1v) is 8.36. The number of hydrazine groups is 1. The zero-order valence-corrected chi connectivity index (χ0v) is 14.6. The van der Waals surface area contributed by atoms with Gasteiger partial charge in [0.15, 0.2) is 0 Å². The lowest BCUT2D eigenvalue weighted by atomic mass is 9.69. The number of hydrogen-bond acceptors (Lipinski definition) is 4. The van der Waals surface area contributed by atoms with E-state index in [4.69, 9.17) is 10.5 Å². The van der Waals surface area contributed by atoms with E-state index in [1.165, 1.54) is 0 Å². The molecule has 2 atom stereocenters. The van der Waals surface area contributed by atoms with Gasteiger partial charge in [-0.25, -0.2) is 10.2 Å². The third kappa shape index (κ3) is 4.47. The van der Waals surface area contributed by atoms with Crippen LogP contribution in [0.4, 0.5) is 4.79 Å². The molecule has 1 fully saturated rings. The van der Waals surface area contributed by atoms with Crippen LogP contribution in [0, 0.1) is 0 Å². The van der Waals surface area contributed by atoms with Crippen molar-refractivity contribution in [2.45, 2.75) is 63.5 Å². The normalized spacial score (nSPS) is 24.1. The number of ether oxygens (including phenoxy) is 1. The number of hydrogen-bond donors (Lipinski definition) is 3. The maximum Gasteiger partial charge on any atom is 0.426 e. The largest absolute Gasteiger partial charge is 0.443 e. The molecular weight excluding hydrogens is 306 g/mol. The minimum absolute atomic E-state index is 0.0760. The van der Waals surface area contributed by atoms with Crippen molar-refractivity contribution in [1.29, 1.82) is 0 Å². The van der Waals surface area contributed by atoms with Gasteiger partial charge in [-0.05, 0) is 39.2 Å². The van der Waals surface area contributed by atoms with Crippen molar-refractivity contribution in [3.8, 4) is 0 Å². The topological polar surface area (TPSA) is 93.5 Å². The van der Waals surface area contributed by atoms with Gasteiger partial charge in [0.1, 0.15) is 11.1 Å². The van der Waals surface area contributed by atoms with E-state index >= 15 is 0 Å². The van der Waals surface area contributed by atoms with E-state index in [0.717, 1.165) is 24.8 Å². The maximum absolute atomic E-state index is 12.7. The van der Waals surface area contributed by atoms with Gasteiger partial charge in [0.05, 0.1) is 0 Å². The Morgan fingerprint density at radius 3 is 2.46 bits per heavy atom. The van der Waals surface area contributed by atoms with Crippen LogP contribution in [-0.2, 0) is 9.53 Å². The molecule has 4 N–H and O–H groups in total. The SMILES string of the molecule is CC(C)(C)OC(=O)NNC(=O)C1(N)CCCCC1c1ccccc1. The first-order chi connectivity index (χ1) is 11.2. The van der Waals surface area contributed by atoms with E-state index in [0.29, 0.717) is 6.42 Å².